The van der Waals surface area contributed by atoms with Crippen LogP contribution in [0.25, 0.3) is 0 Å². The standard InChI is InChI=1S/C12H15BrN2O2S3/c1-2-14-5-9-3-12(19-7-9)20(16,17)15-6-11-4-10(13)8-18-11/h3-4,7-8,14-15H,2,5-6H2,1H3. The quantitative estimate of drug-likeness (QED) is 0.757. The Morgan fingerprint density at radius 1 is 1.20 bits per heavy atom. The van der Waals surface area contributed by atoms with Crippen molar-refractivity contribution < 1.29 is 8.42 Å². The third-order valence-electron chi connectivity index (χ3n) is 2.53. The fourth-order valence-corrected chi connectivity index (χ4v) is 5.28. The van der Waals surface area contributed by atoms with Gasteiger partial charge in [0.1, 0.15) is 4.21 Å². The van der Waals surface area contributed by atoms with Crippen LogP contribution in [0.4, 0.5) is 0 Å². The Kier molecular flexibility index (Phi) is 5.76. The molecule has 2 rings (SSSR count). The van der Waals surface area contributed by atoms with Crippen LogP contribution in [-0.2, 0) is 23.1 Å². The number of hydrogen-bond donors (Lipinski definition) is 2. The summed E-state index contributed by atoms with van der Waals surface area (Å²) in [5.74, 6) is 0. The molecule has 2 heterocycles. The number of rotatable bonds is 7. The maximum absolute atomic E-state index is 12.2. The summed E-state index contributed by atoms with van der Waals surface area (Å²) in [6.07, 6.45) is 0. The summed E-state index contributed by atoms with van der Waals surface area (Å²) in [5, 5.41) is 6.99. The molecule has 0 bridgehead atoms. The monoisotopic (exact) mass is 394 g/mol. The Morgan fingerprint density at radius 2 is 2.00 bits per heavy atom. The smallest absolute Gasteiger partial charge is 0.250 e. The molecule has 0 fully saturated rings. The Balaban J connectivity index is 2.00. The molecule has 0 aliphatic carbocycles. The molecule has 2 aromatic heterocycles. The van der Waals surface area contributed by atoms with Crippen molar-refractivity contribution in [3.63, 3.8) is 0 Å². The lowest BCUT2D eigenvalue weighted by atomic mass is 10.3. The minimum absolute atomic E-state index is 0.318. The third kappa shape index (κ3) is 4.37. The molecule has 4 nitrogen and oxygen atoms in total. The van der Waals surface area contributed by atoms with Crippen LogP contribution in [0.1, 0.15) is 17.4 Å². The summed E-state index contributed by atoms with van der Waals surface area (Å²) in [6.45, 7) is 3.90. The minimum Gasteiger partial charge on any atom is -0.313 e. The summed E-state index contributed by atoms with van der Waals surface area (Å²) >= 11 is 6.13. The van der Waals surface area contributed by atoms with Gasteiger partial charge in [0.15, 0.2) is 0 Å². The average molecular weight is 395 g/mol. The Labute approximate surface area is 135 Å². The van der Waals surface area contributed by atoms with Crippen molar-refractivity contribution in [2.24, 2.45) is 0 Å². The number of halogens is 1. The number of nitrogens with one attached hydrogen (secondary N) is 2. The Bertz CT molecular complexity index is 664. The first-order chi connectivity index (χ1) is 9.51. The molecule has 110 valence electrons. The average Bonchev–Trinajstić information content (AvgIpc) is 3.03. The maximum atomic E-state index is 12.2. The van der Waals surface area contributed by atoms with Crippen LogP contribution in [-0.4, -0.2) is 15.0 Å². The molecular formula is C12H15BrN2O2S3. The van der Waals surface area contributed by atoms with E-state index in [1.165, 1.54) is 22.7 Å². The van der Waals surface area contributed by atoms with Crippen LogP contribution in [0, 0.1) is 0 Å². The fourth-order valence-electron chi connectivity index (χ4n) is 1.54. The first-order valence-electron chi connectivity index (χ1n) is 6.02. The molecule has 8 heteroatoms. The minimum atomic E-state index is -3.42. The van der Waals surface area contributed by atoms with E-state index in [0.717, 1.165) is 21.5 Å². The second-order valence-electron chi connectivity index (χ2n) is 4.11. The van der Waals surface area contributed by atoms with Crippen LogP contribution >= 0.6 is 38.6 Å². The lowest BCUT2D eigenvalue weighted by molar-refractivity contribution is 0.584. The molecule has 0 atom stereocenters. The number of thiophene rings is 2. The van der Waals surface area contributed by atoms with Gasteiger partial charge in [-0.1, -0.05) is 6.92 Å². The maximum Gasteiger partial charge on any atom is 0.250 e. The summed E-state index contributed by atoms with van der Waals surface area (Å²) in [5.41, 5.74) is 0.996. The van der Waals surface area contributed by atoms with E-state index < -0.39 is 10.0 Å². The van der Waals surface area contributed by atoms with Crippen molar-refractivity contribution in [3.05, 3.63) is 37.8 Å². The molecule has 2 N–H and O–H groups in total. The van der Waals surface area contributed by atoms with Gasteiger partial charge in [-0.2, -0.15) is 0 Å². The highest BCUT2D eigenvalue weighted by molar-refractivity contribution is 9.10. The van der Waals surface area contributed by atoms with Gasteiger partial charge in [-0.15, -0.1) is 22.7 Å². The van der Waals surface area contributed by atoms with Crippen LogP contribution in [0.2, 0.25) is 0 Å². The van der Waals surface area contributed by atoms with Gasteiger partial charge < -0.3 is 5.32 Å². The van der Waals surface area contributed by atoms with Gasteiger partial charge in [0.25, 0.3) is 0 Å². The van der Waals surface area contributed by atoms with Crippen molar-refractivity contribution in [3.8, 4) is 0 Å². The number of hydrogen-bond acceptors (Lipinski definition) is 5. The van der Waals surface area contributed by atoms with Crippen molar-refractivity contribution in [1.29, 1.82) is 0 Å². The van der Waals surface area contributed by atoms with Crippen LogP contribution in [0.3, 0.4) is 0 Å². The second kappa shape index (κ2) is 7.15. The molecular weight excluding hydrogens is 380 g/mol. The van der Waals surface area contributed by atoms with E-state index in [9.17, 15) is 8.42 Å². The summed E-state index contributed by atoms with van der Waals surface area (Å²) in [6, 6.07) is 3.64. The van der Waals surface area contributed by atoms with Crippen molar-refractivity contribution in [1.82, 2.24) is 10.0 Å². The molecule has 2 aromatic rings. The zero-order chi connectivity index (χ0) is 14.6. The molecule has 0 amide bonds. The SMILES string of the molecule is CCNCc1csc(S(=O)(=O)NCc2cc(Br)cs2)c1. The van der Waals surface area contributed by atoms with Crippen molar-refractivity contribution in [2.45, 2.75) is 24.2 Å². The molecule has 0 unspecified atom stereocenters. The van der Waals surface area contributed by atoms with Gasteiger partial charge in [-0.25, -0.2) is 13.1 Å². The van der Waals surface area contributed by atoms with E-state index in [0.29, 0.717) is 17.3 Å². The molecule has 0 radical (unpaired) electrons. The zero-order valence-corrected chi connectivity index (χ0v) is 14.9. The van der Waals surface area contributed by atoms with Gasteiger partial charge in [0.2, 0.25) is 10.0 Å². The fraction of sp³-hybridized carbons (Fsp3) is 0.333. The van der Waals surface area contributed by atoms with E-state index in [1.807, 2.05) is 23.8 Å². The molecule has 0 saturated heterocycles. The lowest BCUT2D eigenvalue weighted by Gasteiger charge is -2.02. The van der Waals surface area contributed by atoms with Crippen LogP contribution in [0.5, 0.6) is 0 Å². The lowest BCUT2D eigenvalue weighted by Crippen LogP contribution is -2.21. The molecule has 0 aliphatic heterocycles. The predicted octanol–water partition coefficient (Wildman–Crippen LogP) is 3.16. The largest absolute Gasteiger partial charge is 0.313 e. The molecule has 0 aromatic carbocycles. The highest BCUT2D eigenvalue weighted by atomic mass is 79.9. The van der Waals surface area contributed by atoms with Gasteiger partial charge in [0.05, 0.1) is 0 Å². The molecule has 0 aliphatic rings. The topological polar surface area (TPSA) is 58.2 Å². The summed E-state index contributed by atoms with van der Waals surface area (Å²) in [7, 11) is -3.42. The molecule has 0 saturated carbocycles. The predicted molar refractivity (Wildman–Crippen MR) is 87.7 cm³/mol. The highest BCUT2D eigenvalue weighted by Gasteiger charge is 2.16. The van der Waals surface area contributed by atoms with E-state index in [2.05, 4.69) is 26.0 Å². The zero-order valence-electron chi connectivity index (χ0n) is 10.8. The third-order valence-corrected chi connectivity index (χ3v) is 7.12. The van der Waals surface area contributed by atoms with Gasteiger partial charge in [-0.05, 0) is 45.6 Å². The first-order valence-corrected chi connectivity index (χ1v) is 10.1. The van der Waals surface area contributed by atoms with E-state index in [1.54, 1.807) is 6.07 Å². The Hall–Kier alpha value is -0.250. The summed E-state index contributed by atoms with van der Waals surface area (Å²) in [4.78, 5) is 0.977. The van der Waals surface area contributed by atoms with E-state index in [-0.39, 0.29) is 0 Å². The normalized spacial score (nSPS) is 11.9. The van der Waals surface area contributed by atoms with Gasteiger partial charge in [0, 0.05) is 27.8 Å². The van der Waals surface area contributed by atoms with Crippen molar-refractivity contribution >= 4 is 48.6 Å². The Morgan fingerprint density at radius 3 is 2.65 bits per heavy atom. The highest BCUT2D eigenvalue weighted by Crippen LogP contribution is 2.22. The van der Waals surface area contributed by atoms with Gasteiger partial charge in [-0.3, -0.25) is 0 Å². The second-order valence-corrected chi connectivity index (χ2v) is 8.93. The van der Waals surface area contributed by atoms with Crippen molar-refractivity contribution in [2.75, 3.05) is 6.54 Å². The van der Waals surface area contributed by atoms with E-state index in [4.69, 9.17) is 0 Å². The molecule has 0 spiro atoms. The van der Waals surface area contributed by atoms with Gasteiger partial charge >= 0.3 is 0 Å². The van der Waals surface area contributed by atoms with Crippen LogP contribution in [0.15, 0.2) is 31.6 Å². The number of sulfonamides is 1. The first kappa shape index (κ1) is 16.1. The summed E-state index contributed by atoms with van der Waals surface area (Å²) < 4.78 is 28.3. The molecule has 20 heavy (non-hydrogen) atoms. The van der Waals surface area contributed by atoms with E-state index >= 15 is 0 Å². The van der Waals surface area contributed by atoms with Crippen LogP contribution < -0.4 is 10.0 Å².